The van der Waals surface area contributed by atoms with Crippen LogP contribution in [0.3, 0.4) is 0 Å². The van der Waals surface area contributed by atoms with E-state index < -0.39 is 0 Å². The van der Waals surface area contributed by atoms with Gasteiger partial charge in [-0.05, 0) is 68.7 Å². The molecule has 1 saturated heterocycles. The molecule has 1 aliphatic heterocycles. The molecule has 1 unspecified atom stereocenters. The molecule has 0 saturated carbocycles. The average Bonchev–Trinajstić information content (AvgIpc) is 3.04. The van der Waals surface area contributed by atoms with Crippen LogP contribution < -0.4 is 5.32 Å². The van der Waals surface area contributed by atoms with E-state index >= 15 is 0 Å². The molecule has 1 aromatic heterocycles. The fourth-order valence-electron chi connectivity index (χ4n) is 3.84. The van der Waals surface area contributed by atoms with E-state index in [1.807, 2.05) is 4.90 Å². The topological polar surface area (TPSA) is 70.2 Å². The Kier molecular flexibility index (Phi) is 6.72. The molecule has 1 aliphatic rings. The number of hydrogen-bond donors (Lipinski definition) is 2. The van der Waals surface area contributed by atoms with Crippen LogP contribution in [-0.4, -0.2) is 54.2 Å². The van der Waals surface area contributed by atoms with Crippen LogP contribution in [0, 0.1) is 19.8 Å². The third-order valence-corrected chi connectivity index (χ3v) is 5.55. The molecule has 6 heteroatoms. The van der Waals surface area contributed by atoms with E-state index in [-0.39, 0.29) is 6.03 Å². The molecular formula is C21H32N4O2. The third-order valence-electron chi connectivity index (χ3n) is 5.55. The van der Waals surface area contributed by atoms with Crippen LogP contribution in [0.1, 0.15) is 42.6 Å². The maximum absolute atomic E-state index is 12.5. The van der Waals surface area contributed by atoms with Gasteiger partial charge in [-0.3, -0.25) is 0 Å². The van der Waals surface area contributed by atoms with Gasteiger partial charge in [0.25, 0.3) is 0 Å². The molecule has 2 amide bonds. The minimum Gasteiger partial charge on any atom is -0.385 e. The molecule has 0 radical (unpaired) electrons. The van der Waals surface area contributed by atoms with E-state index in [1.54, 1.807) is 7.11 Å². The maximum atomic E-state index is 12.5. The number of methoxy groups -OCH3 is 1. The molecule has 6 nitrogen and oxygen atoms in total. The summed E-state index contributed by atoms with van der Waals surface area (Å²) in [5.41, 5.74) is 4.57. The predicted octanol–water partition coefficient (Wildman–Crippen LogP) is 3.57. The van der Waals surface area contributed by atoms with Crippen molar-refractivity contribution in [2.45, 2.75) is 46.0 Å². The molecule has 2 aromatic rings. The Balaban J connectivity index is 1.46. The Morgan fingerprint density at radius 2 is 2.19 bits per heavy atom. The zero-order valence-corrected chi connectivity index (χ0v) is 16.8. The van der Waals surface area contributed by atoms with Gasteiger partial charge in [-0.2, -0.15) is 0 Å². The van der Waals surface area contributed by atoms with Gasteiger partial charge < -0.3 is 19.9 Å². The van der Waals surface area contributed by atoms with Gasteiger partial charge in [0.15, 0.2) is 0 Å². The summed E-state index contributed by atoms with van der Waals surface area (Å²) in [5.74, 6) is 1.52. The highest BCUT2D eigenvalue weighted by Gasteiger charge is 2.23. The number of H-pyrrole nitrogens is 1. The van der Waals surface area contributed by atoms with E-state index in [9.17, 15) is 4.79 Å². The molecule has 0 bridgehead atoms. The molecule has 148 valence electrons. The monoisotopic (exact) mass is 372 g/mol. The number of aryl methyl sites for hydroxylation is 2. The summed E-state index contributed by atoms with van der Waals surface area (Å²) in [7, 11) is 1.74. The molecule has 0 spiro atoms. The molecule has 27 heavy (non-hydrogen) atoms. The number of aromatic nitrogens is 2. The first-order valence-corrected chi connectivity index (χ1v) is 10.0. The summed E-state index contributed by atoms with van der Waals surface area (Å²) in [6.07, 6.45) is 5.22. The van der Waals surface area contributed by atoms with Crippen molar-refractivity contribution < 1.29 is 9.53 Å². The Bertz CT molecular complexity index is 732. The van der Waals surface area contributed by atoms with Crippen LogP contribution in [0.15, 0.2) is 12.1 Å². The van der Waals surface area contributed by atoms with E-state index in [2.05, 4.69) is 41.3 Å². The van der Waals surface area contributed by atoms with Gasteiger partial charge in [0.2, 0.25) is 0 Å². The number of carbonyl (C=O) groups is 1. The number of carbonyl (C=O) groups excluding carboxylic acids is 1. The lowest BCUT2D eigenvalue weighted by Gasteiger charge is -2.32. The van der Waals surface area contributed by atoms with Crippen molar-refractivity contribution in [2.75, 3.05) is 33.4 Å². The number of rotatable bonds is 7. The second kappa shape index (κ2) is 9.22. The summed E-state index contributed by atoms with van der Waals surface area (Å²) in [5, 5.41) is 3.06. The number of urea groups is 1. The highest BCUT2D eigenvalue weighted by Crippen LogP contribution is 2.21. The lowest BCUT2D eigenvalue weighted by molar-refractivity contribution is 0.149. The summed E-state index contributed by atoms with van der Waals surface area (Å²) in [6, 6.07) is 4.30. The fraction of sp³-hybridized carbons (Fsp3) is 0.619. The maximum Gasteiger partial charge on any atom is 0.317 e. The number of fused-ring (bicyclic) bond motifs is 1. The molecule has 1 atom stereocenters. The Morgan fingerprint density at radius 1 is 1.37 bits per heavy atom. The SMILES string of the molecule is COCCCC1CCCN(C(=O)NCCc2nc3cc(C)c(C)cc3[nH]2)C1. The Labute approximate surface area is 161 Å². The largest absolute Gasteiger partial charge is 0.385 e. The number of likely N-dealkylation sites (tertiary alicyclic amines) is 1. The summed E-state index contributed by atoms with van der Waals surface area (Å²) in [4.78, 5) is 22.5. The number of amides is 2. The second-order valence-electron chi connectivity index (χ2n) is 7.71. The van der Waals surface area contributed by atoms with Gasteiger partial charge in [0.1, 0.15) is 5.82 Å². The van der Waals surface area contributed by atoms with Crippen molar-refractivity contribution >= 4 is 17.1 Å². The van der Waals surface area contributed by atoms with Crippen molar-refractivity contribution in [3.05, 3.63) is 29.1 Å². The van der Waals surface area contributed by atoms with Crippen molar-refractivity contribution in [3.63, 3.8) is 0 Å². The molecule has 1 aromatic carbocycles. The molecule has 3 rings (SSSR count). The van der Waals surface area contributed by atoms with Gasteiger partial charge in [0.05, 0.1) is 11.0 Å². The van der Waals surface area contributed by atoms with E-state index in [1.165, 1.54) is 17.5 Å². The van der Waals surface area contributed by atoms with Crippen LogP contribution >= 0.6 is 0 Å². The zero-order chi connectivity index (χ0) is 19.2. The average molecular weight is 373 g/mol. The highest BCUT2D eigenvalue weighted by atomic mass is 16.5. The van der Waals surface area contributed by atoms with Crippen molar-refractivity contribution in [1.82, 2.24) is 20.2 Å². The number of aromatic amines is 1. The zero-order valence-electron chi connectivity index (χ0n) is 16.8. The van der Waals surface area contributed by atoms with Gasteiger partial charge in [-0.1, -0.05) is 0 Å². The minimum absolute atomic E-state index is 0.0502. The number of benzene rings is 1. The molecule has 2 N–H and O–H groups in total. The number of imidazole rings is 1. The molecule has 2 heterocycles. The van der Waals surface area contributed by atoms with Crippen LogP contribution in [-0.2, 0) is 11.2 Å². The minimum atomic E-state index is 0.0502. The lowest BCUT2D eigenvalue weighted by Crippen LogP contribution is -2.46. The summed E-state index contributed by atoms with van der Waals surface area (Å²) >= 11 is 0. The van der Waals surface area contributed by atoms with E-state index in [4.69, 9.17) is 4.74 Å². The molecule has 1 fully saturated rings. The number of nitrogens with zero attached hydrogens (tertiary/aromatic N) is 2. The van der Waals surface area contributed by atoms with E-state index in [0.29, 0.717) is 18.9 Å². The quantitative estimate of drug-likeness (QED) is 0.730. The third kappa shape index (κ3) is 5.22. The smallest absolute Gasteiger partial charge is 0.317 e. The van der Waals surface area contributed by atoms with Gasteiger partial charge in [-0.15, -0.1) is 0 Å². The Morgan fingerprint density at radius 3 is 3.00 bits per heavy atom. The van der Waals surface area contributed by atoms with Gasteiger partial charge >= 0.3 is 6.03 Å². The summed E-state index contributed by atoms with van der Waals surface area (Å²) in [6.45, 7) is 7.33. The first-order chi connectivity index (χ1) is 13.1. The standard InChI is InChI=1S/C21H32N4O2/c1-15-12-18-19(13-16(15)2)24-20(23-18)8-9-22-21(26)25-10-4-6-17(14-25)7-5-11-27-3/h12-13,17H,4-11,14H2,1-3H3,(H,22,26)(H,23,24). The first kappa shape index (κ1) is 19.7. The second-order valence-corrected chi connectivity index (χ2v) is 7.71. The van der Waals surface area contributed by atoms with Crippen molar-refractivity contribution in [2.24, 2.45) is 5.92 Å². The first-order valence-electron chi connectivity index (χ1n) is 10.0. The molecular weight excluding hydrogens is 340 g/mol. The van der Waals surface area contributed by atoms with E-state index in [0.717, 1.165) is 55.8 Å². The number of piperidine rings is 1. The number of hydrogen-bond acceptors (Lipinski definition) is 3. The van der Waals surface area contributed by atoms with Crippen molar-refractivity contribution in [3.8, 4) is 0 Å². The Hall–Kier alpha value is -2.08. The fourth-order valence-corrected chi connectivity index (χ4v) is 3.84. The molecule has 0 aliphatic carbocycles. The van der Waals surface area contributed by atoms with Crippen LogP contribution in [0.5, 0.6) is 0 Å². The van der Waals surface area contributed by atoms with Crippen LogP contribution in [0.4, 0.5) is 4.79 Å². The number of ether oxygens (including phenoxy) is 1. The lowest BCUT2D eigenvalue weighted by atomic mass is 9.94. The van der Waals surface area contributed by atoms with Gasteiger partial charge in [-0.25, -0.2) is 9.78 Å². The predicted molar refractivity (Wildman–Crippen MR) is 108 cm³/mol. The summed E-state index contributed by atoms with van der Waals surface area (Å²) < 4.78 is 5.14. The van der Waals surface area contributed by atoms with Crippen LogP contribution in [0.25, 0.3) is 11.0 Å². The van der Waals surface area contributed by atoms with Crippen molar-refractivity contribution in [1.29, 1.82) is 0 Å². The van der Waals surface area contributed by atoms with Gasteiger partial charge in [0, 0.05) is 39.8 Å². The van der Waals surface area contributed by atoms with Crippen LogP contribution in [0.2, 0.25) is 0 Å². The highest BCUT2D eigenvalue weighted by molar-refractivity contribution is 5.77. The normalized spacial score (nSPS) is 17.4. The number of nitrogens with one attached hydrogen (secondary N) is 2.